The van der Waals surface area contributed by atoms with E-state index in [4.69, 9.17) is 22.1 Å². The first-order valence-electron chi connectivity index (χ1n) is 6.60. The topological polar surface area (TPSA) is 35.2 Å². The maximum Gasteiger partial charge on any atom is 0.145 e. The largest absolute Gasteiger partial charge is 0.488 e. The molecule has 2 aliphatic rings. The van der Waals surface area contributed by atoms with E-state index in [0.29, 0.717) is 10.2 Å². The summed E-state index contributed by atoms with van der Waals surface area (Å²) in [5.74, 6) is 0.0639. The second kappa shape index (κ2) is 4.90. The molecule has 2 nitrogen and oxygen atoms in total. The Bertz CT molecular complexity index is 504. The van der Waals surface area contributed by atoms with Gasteiger partial charge in [-0.1, -0.05) is 24.4 Å². The Morgan fingerprint density at radius 2 is 2.05 bits per heavy atom. The highest BCUT2D eigenvalue weighted by molar-refractivity contribution is 9.10. The quantitative estimate of drug-likeness (QED) is 0.810. The smallest absolute Gasteiger partial charge is 0.145 e. The average Bonchev–Trinajstić information content (AvgIpc) is 2.87. The van der Waals surface area contributed by atoms with E-state index in [0.717, 1.165) is 19.3 Å². The molecule has 1 aromatic rings. The van der Waals surface area contributed by atoms with E-state index in [-0.39, 0.29) is 22.6 Å². The van der Waals surface area contributed by atoms with E-state index in [1.165, 1.54) is 25.0 Å². The van der Waals surface area contributed by atoms with E-state index in [9.17, 15) is 4.39 Å². The number of benzene rings is 1. The van der Waals surface area contributed by atoms with Crippen molar-refractivity contribution in [2.75, 3.05) is 0 Å². The molecule has 0 amide bonds. The van der Waals surface area contributed by atoms with E-state index in [2.05, 4.69) is 15.9 Å². The lowest BCUT2D eigenvalue weighted by molar-refractivity contribution is -0.0624. The fourth-order valence-corrected chi connectivity index (χ4v) is 4.15. The fourth-order valence-electron chi connectivity index (χ4n) is 3.42. The maximum absolute atomic E-state index is 13.5. The summed E-state index contributed by atoms with van der Waals surface area (Å²) in [6, 6.07) is 3.10. The highest BCUT2D eigenvalue weighted by atomic mass is 79.9. The van der Waals surface area contributed by atoms with E-state index in [1.807, 2.05) is 0 Å². The molecule has 1 spiro atoms. The molecule has 0 aromatic heterocycles. The van der Waals surface area contributed by atoms with Crippen molar-refractivity contribution in [1.82, 2.24) is 0 Å². The molecule has 0 bridgehead atoms. The fraction of sp³-hybridized carbons (Fsp3) is 0.571. The van der Waals surface area contributed by atoms with Gasteiger partial charge in [-0.2, -0.15) is 0 Å². The van der Waals surface area contributed by atoms with Crippen LogP contribution in [-0.2, 0) is 0 Å². The molecule has 2 saturated carbocycles. The summed E-state index contributed by atoms with van der Waals surface area (Å²) in [6.45, 7) is 0. The van der Waals surface area contributed by atoms with Crippen LogP contribution in [0.25, 0.3) is 0 Å². The zero-order chi connectivity index (χ0) is 13.6. The molecule has 2 N–H and O–H groups in total. The van der Waals surface area contributed by atoms with Crippen LogP contribution in [0.2, 0.25) is 5.02 Å². The molecule has 2 unspecified atom stereocenters. The normalized spacial score (nSPS) is 28.4. The zero-order valence-electron chi connectivity index (χ0n) is 10.5. The SMILES string of the molecule is NC1CC(Oc2cc(F)c(Cl)cc2Br)C12CCCC2. The first kappa shape index (κ1) is 13.7. The molecule has 1 aromatic carbocycles. The molecule has 5 heteroatoms. The van der Waals surface area contributed by atoms with E-state index < -0.39 is 5.82 Å². The number of hydrogen-bond acceptors (Lipinski definition) is 2. The lowest BCUT2D eigenvalue weighted by Gasteiger charge is -2.52. The summed E-state index contributed by atoms with van der Waals surface area (Å²) < 4.78 is 20.2. The monoisotopic (exact) mass is 347 g/mol. The Hall–Kier alpha value is -0.320. The molecule has 0 aliphatic heterocycles. The Kier molecular flexibility index (Phi) is 3.52. The Morgan fingerprint density at radius 3 is 2.68 bits per heavy atom. The van der Waals surface area contributed by atoms with Crippen LogP contribution in [0.3, 0.4) is 0 Å². The summed E-state index contributed by atoms with van der Waals surface area (Å²) in [6.07, 6.45) is 5.60. The molecule has 19 heavy (non-hydrogen) atoms. The average molecular weight is 349 g/mol. The number of ether oxygens (including phenoxy) is 1. The van der Waals surface area contributed by atoms with Crippen LogP contribution in [0.15, 0.2) is 16.6 Å². The van der Waals surface area contributed by atoms with Crippen molar-refractivity contribution in [1.29, 1.82) is 0 Å². The summed E-state index contributed by atoms with van der Waals surface area (Å²) in [5.41, 5.74) is 6.27. The molecule has 0 heterocycles. The molecule has 0 radical (unpaired) electrons. The van der Waals surface area contributed by atoms with Crippen LogP contribution in [0.5, 0.6) is 5.75 Å². The number of hydrogen-bond donors (Lipinski definition) is 1. The number of rotatable bonds is 2. The highest BCUT2D eigenvalue weighted by Gasteiger charge is 2.56. The lowest BCUT2D eigenvalue weighted by atomic mass is 9.61. The van der Waals surface area contributed by atoms with E-state index >= 15 is 0 Å². The Morgan fingerprint density at radius 1 is 1.37 bits per heavy atom. The summed E-state index contributed by atoms with van der Waals surface area (Å²) in [4.78, 5) is 0. The molecule has 2 aliphatic carbocycles. The van der Waals surface area contributed by atoms with Gasteiger partial charge < -0.3 is 10.5 Å². The van der Waals surface area contributed by atoms with Crippen molar-refractivity contribution in [2.24, 2.45) is 11.1 Å². The van der Waals surface area contributed by atoms with Crippen molar-refractivity contribution in [3.63, 3.8) is 0 Å². The van der Waals surface area contributed by atoms with Crippen LogP contribution in [-0.4, -0.2) is 12.1 Å². The van der Waals surface area contributed by atoms with Crippen molar-refractivity contribution in [2.45, 2.75) is 44.2 Å². The standard InChI is InChI=1S/C14H16BrClFNO/c15-8-5-9(16)10(17)6-11(8)19-13-7-12(18)14(13)3-1-2-4-14/h5-6,12-13H,1-4,7,18H2. The van der Waals surface area contributed by atoms with Gasteiger partial charge in [0, 0.05) is 23.9 Å². The predicted octanol–water partition coefficient (Wildman–Crippen LogP) is 4.28. The summed E-state index contributed by atoms with van der Waals surface area (Å²) >= 11 is 9.10. The van der Waals surface area contributed by atoms with Gasteiger partial charge in [0.05, 0.1) is 9.50 Å². The minimum Gasteiger partial charge on any atom is -0.488 e. The highest BCUT2D eigenvalue weighted by Crippen LogP contribution is 2.54. The van der Waals surface area contributed by atoms with Gasteiger partial charge in [-0.3, -0.25) is 0 Å². The summed E-state index contributed by atoms with van der Waals surface area (Å²) in [7, 11) is 0. The van der Waals surface area contributed by atoms with Crippen molar-refractivity contribution in [3.05, 3.63) is 27.4 Å². The summed E-state index contributed by atoms with van der Waals surface area (Å²) in [5, 5.41) is 0.0973. The first-order valence-corrected chi connectivity index (χ1v) is 7.77. The zero-order valence-corrected chi connectivity index (χ0v) is 12.8. The Labute approximate surface area is 125 Å². The second-order valence-corrected chi connectivity index (χ2v) is 6.85. The van der Waals surface area contributed by atoms with Crippen LogP contribution >= 0.6 is 27.5 Å². The molecule has 104 valence electrons. The molecule has 0 saturated heterocycles. The lowest BCUT2D eigenvalue weighted by Crippen LogP contribution is -2.62. The predicted molar refractivity (Wildman–Crippen MR) is 77.0 cm³/mol. The van der Waals surface area contributed by atoms with Gasteiger partial charge in [0.25, 0.3) is 0 Å². The molecular formula is C14H16BrClFNO. The van der Waals surface area contributed by atoms with Gasteiger partial charge in [-0.15, -0.1) is 0 Å². The van der Waals surface area contributed by atoms with Crippen molar-refractivity contribution < 1.29 is 9.13 Å². The van der Waals surface area contributed by atoms with Gasteiger partial charge in [-0.25, -0.2) is 4.39 Å². The first-order chi connectivity index (χ1) is 9.03. The van der Waals surface area contributed by atoms with Gasteiger partial charge in [0.1, 0.15) is 17.7 Å². The van der Waals surface area contributed by atoms with Crippen molar-refractivity contribution in [3.8, 4) is 5.75 Å². The number of nitrogens with two attached hydrogens (primary N) is 1. The van der Waals surface area contributed by atoms with Gasteiger partial charge in [0.15, 0.2) is 0 Å². The van der Waals surface area contributed by atoms with Crippen LogP contribution in [0.1, 0.15) is 32.1 Å². The third kappa shape index (κ3) is 2.18. The van der Waals surface area contributed by atoms with Gasteiger partial charge in [-0.05, 0) is 34.8 Å². The minimum absolute atomic E-state index is 0.0973. The van der Waals surface area contributed by atoms with Crippen LogP contribution in [0, 0.1) is 11.2 Å². The molecule has 2 atom stereocenters. The Balaban J connectivity index is 1.81. The second-order valence-electron chi connectivity index (χ2n) is 5.59. The molecule has 2 fully saturated rings. The van der Waals surface area contributed by atoms with Crippen molar-refractivity contribution >= 4 is 27.5 Å². The third-order valence-electron chi connectivity index (χ3n) is 4.63. The molecular weight excluding hydrogens is 333 g/mol. The van der Waals surface area contributed by atoms with Gasteiger partial charge >= 0.3 is 0 Å². The minimum atomic E-state index is -0.455. The molecule has 3 rings (SSSR count). The van der Waals surface area contributed by atoms with Crippen LogP contribution < -0.4 is 10.5 Å². The maximum atomic E-state index is 13.5. The third-order valence-corrected chi connectivity index (χ3v) is 5.54. The number of halogens is 3. The van der Waals surface area contributed by atoms with Crippen LogP contribution in [0.4, 0.5) is 4.39 Å². The van der Waals surface area contributed by atoms with Gasteiger partial charge in [0.2, 0.25) is 0 Å². The van der Waals surface area contributed by atoms with E-state index in [1.54, 1.807) is 0 Å².